The number of para-hydroxylation sites is 1. The summed E-state index contributed by atoms with van der Waals surface area (Å²) >= 11 is 0. The summed E-state index contributed by atoms with van der Waals surface area (Å²) in [4.78, 5) is 20.7. The average molecular weight is 216 g/mol. The molecule has 2 rings (SSSR count). The number of rotatable bonds is 2. The van der Waals surface area contributed by atoms with Gasteiger partial charge < -0.3 is 0 Å². The van der Waals surface area contributed by atoms with Crippen molar-refractivity contribution in [1.82, 2.24) is 10.5 Å². The van der Waals surface area contributed by atoms with Gasteiger partial charge in [0.25, 0.3) is 5.91 Å². The molecule has 0 saturated carbocycles. The number of nitrogens with one attached hydrogen (secondary N) is 1. The predicted molar refractivity (Wildman–Crippen MR) is 61.0 cm³/mol. The van der Waals surface area contributed by atoms with Crippen LogP contribution in [0.15, 0.2) is 30.3 Å². The van der Waals surface area contributed by atoms with E-state index in [0.717, 1.165) is 16.6 Å². The molecule has 2 aromatic rings. The summed E-state index contributed by atoms with van der Waals surface area (Å²) in [6, 6.07) is 9.27. The van der Waals surface area contributed by atoms with Crippen molar-refractivity contribution in [1.29, 1.82) is 0 Å². The van der Waals surface area contributed by atoms with Gasteiger partial charge in [-0.1, -0.05) is 18.2 Å². The minimum atomic E-state index is -0.260. The number of carbonyl (C=O) groups is 1. The van der Waals surface area contributed by atoms with Crippen LogP contribution >= 0.6 is 0 Å². The van der Waals surface area contributed by atoms with E-state index in [9.17, 15) is 4.79 Å². The van der Waals surface area contributed by atoms with Gasteiger partial charge in [-0.2, -0.15) is 0 Å². The maximum atomic E-state index is 11.7. The highest BCUT2D eigenvalue weighted by Crippen LogP contribution is 2.17. The Kier molecular flexibility index (Phi) is 2.83. The average Bonchev–Trinajstić information content (AvgIpc) is 2.28. The molecule has 1 aromatic carbocycles. The van der Waals surface area contributed by atoms with Crippen molar-refractivity contribution in [2.45, 2.75) is 6.92 Å². The Labute approximate surface area is 93.2 Å². The standard InChI is InChI=1S/C12H12N2O2/c1-8-7-10(12(15)14-16-2)9-5-3-4-6-11(9)13-8/h3-7H,1-2H3,(H,14,15). The molecule has 82 valence electrons. The molecule has 0 fully saturated rings. The highest BCUT2D eigenvalue weighted by atomic mass is 16.6. The third-order valence-corrected chi connectivity index (χ3v) is 2.28. The molecule has 0 radical (unpaired) electrons. The lowest BCUT2D eigenvalue weighted by Gasteiger charge is -2.07. The zero-order valence-electron chi connectivity index (χ0n) is 9.15. The molecule has 1 amide bonds. The van der Waals surface area contributed by atoms with E-state index in [1.165, 1.54) is 7.11 Å². The third-order valence-electron chi connectivity index (χ3n) is 2.28. The molecule has 0 unspecified atom stereocenters. The van der Waals surface area contributed by atoms with Gasteiger partial charge in [0.05, 0.1) is 18.2 Å². The first-order chi connectivity index (χ1) is 7.72. The topological polar surface area (TPSA) is 51.2 Å². The van der Waals surface area contributed by atoms with Gasteiger partial charge in [0.2, 0.25) is 0 Å². The number of fused-ring (bicyclic) bond motifs is 1. The number of pyridine rings is 1. The molecule has 0 spiro atoms. The van der Waals surface area contributed by atoms with E-state index in [4.69, 9.17) is 0 Å². The molecule has 16 heavy (non-hydrogen) atoms. The normalized spacial score (nSPS) is 10.4. The molecule has 4 nitrogen and oxygen atoms in total. The Hall–Kier alpha value is -1.94. The van der Waals surface area contributed by atoms with E-state index in [2.05, 4.69) is 15.3 Å². The minimum Gasteiger partial charge on any atom is -0.277 e. The monoisotopic (exact) mass is 216 g/mol. The summed E-state index contributed by atoms with van der Waals surface area (Å²) in [5.74, 6) is -0.260. The summed E-state index contributed by atoms with van der Waals surface area (Å²) in [5, 5.41) is 0.822. The van der Waals surface area contributed by atoms with E-state index < -0.39 is 0 Å². The highest BCUT2D eigenvalue weighted by molar-refractivity contribution is 6.05. The van der Waals surface area contributed by atoms with Gasteiger partial charge in [0, 0.05) is 11.1 Å². The van der Waals surface area contributed by atoms with Gasteiger partial charge in [0.1, 0.15) is 0 Å². The van der Waals surface area contributed by atoms with Crippen molar-refractivity contribution in [3.05, 3.63) is 41.6 Å². The first kappa shape index (κ1) is 10.6. The molecule has 4 heteroatoms. The summed E-state index contributed by atoms with van der Waals surface area (Å²) in [5.41, 5.74) is 4.50. The molecule has 0 aliphatic heterocycles. The smallest absolute Gasteiger partial charge is 0.275 e. The number of aromatic nitrogens is 1. The van der Waals surface area contributed by atoms with Crippen LogP contribution in [0.2, 0.25) is 0 Å². The fourth-order valence-corrected chi connectivity index (χ4v) is 1.64. The van der Waals surface area contributed by atoms with Crippen LogP contribution in [0.4, 0.5) is 0 Å². The van der Waals surface area contributed by atoms with Crippen LogP contribution in [0.5, 0.6) is 0 Å². The summed E-state index contributed by atoms with van der Waals surface area (Å²) < 4.78 is 0. The second kappa shape index (κ2) is 4.28. The van der Waals surface area contributed by atoms with Crippen LogP contribution in [-0.2, 0) is 4.84 Å². The molecular weight excluding hydrogens is 204 g/mol. The molecule has 0 aliphatic carbocycles. The Bertz CT molecular complexity index is 538. The van der Waals surface area contributed by atoms with Crippen LogP contribution < -0.4 is 5.48 Å². The third kappa shape index (κ3) is 1.87. The van der Waals surface area contributed by atoms with Crippen LogP contribution in [0.25, 0.3) is 10.9 Å². The van der Waals surface area contributed by atoms with E-state index in [-0.39, 0.29) is 5.91 Å². The Balaban J connectivity index is 2.63. The molecule has 0 bridgehead atoms. The first-order valence-electron chi connectivity index (χ1n) is 4.92. The molecular formula is C12H12N2O2. The van der Waals surface area contributed by atoms with Gasteiger partial charge in [-0.05, 0) is 19.1 Å². The van der Waals surface area contributed by atoms with Gasteiger partial charge in [0.15, 0.2) is 0 Å². The van der Waals surface area contributed by atoms with E-state index in [1.807, 2.05) is 31.2 Å². The van der Waals surface area contributed by atoms with Gasteiger partial charge in [-0.25, -0.2) is 5.48 Å². The van der Waals surface area contributed by atoms with Crippen molar-refractivity contribution in [3.63, 3.8) is 0 Å². The van der Waals surface area contributed by atoms with Crippen LogP contribution in [-0.4, -0.2) is 18.0 Å². The zero-order chi connectivity index (χ0) is 11.5. The number of hydroxylamine groups is 1. The Morgan fingerprint density at radius 2 is 2.12 bits per heavy atom. The lowest BCUT2D eigenvalue weighted by Crippen LogP contribution is -2.22. The fraction of sp³-hybridized carbons (Fsp3) is 0.167. The number of carbonyl (C=O) groups excluding carboxylic acids is 1. The fourth-order valence-electron chi connectivity index (χ4n) is 1.64. The molecule has 1 N–H and O–H groups in total. The maximum Gasteiger partial charge on any atom is 0.275 e. The summed E-state index contributed by atoms with van der Waals surface area (Å²) in [6.07, 6.45) is 0. The highest BCUT2D eigenvalue weighted by Gasteiger charge is 2.10. The number of nitrogens with zero attached hydrogens (tertiary/aromatic N) is 1. The van der Waals surface area contributed by atoms with E-state index in [0.29, 0.717) is 5.56 Å². The quantitative estimate of drug-likeness (QED) is 0.779. The molecule has 1 aromatic heterocycles. The van der Waals surface area contributed by atoms with Gasteiger partial charge in [-0.15, -0.1) is 0 Å². The lowest BCUT2D eigenvalue weighted by molar-refractivity contribution is 0.0539. The predicted octanol–water partition coefficient (Wildman–Crippen LogP) is 1.83. The summed E-state index contributed by atoms with van der Waals surface area (Å²) in [7, 11) is 1.41. The second-order valence-electron chi connectivity index (χ2n) is 3.46. The lowest BCUT2D eigenvalue weighted by atomic mass is 10.1. The second-order valence-corrected chi connectivity index (χ2v) is 3.46. The van der Waals surface area contributed by atoms with Gasteiger partial charge in [-0.3, -0.25) is 14.6 Å². The van der Waals surface area contributed by atoms with E-state index >= 15 is 0 Å². The van der Waals surface area contributed by atoms with Crippen molar-refractivity contribution in [2.75, 3.05) is 7.11 Å². The van der Waals surface area contributed by atoms with Crippen molar-refractivity contribution in [2.24, 2.45) is 0 Å². The number of amides is 1. The SMILES string of the molecule is CONC(=O)c1cc(C)nc2ccccc12. The number of benzene rings is 1. The van der Waals surface area contributed by atoms with Crippen molar-refractivity contribution in [3.8, 4) is 0 Å². The molecule has 0 saturated heterocycles. The number of hydrogen-bond acceptors (Lipinski definition) is 3. The maximum absolute atomic E-state index is 11.7. The van der Waals surface area contributed by atoms with E-state index in [1.54, 1.807) is 6.07 Å². The van der Waals surface area contributed by atoms with Crippen LogP contribution in [0.1, 0.15) is 16.1 Å². The number of hydrogen-bond donors (Lipinski definition) is 1. The number of aryl methyl sites for hydroxylation is 1. The zero-order valence-corrected chi connectivity index (χ0v) is 9.15. The first-order valence-corrected chi connectivity index (χ1v) is 4.92. The Morgan fingerprint density at radius 1 is 1.38 bits per heavy atom. The molecule has 1 heterocycles. The largest absolute Gasteiger partial charge is 0.277 e. The molecule has 0 atom stereocenters. The van der Waals surface area contributed by atoms with Crippen LogP contribution in [0.3, 0.4) is 0 Å². The molecule has 0 aliphatic rings. The van der Waals surface area contributed by atoms with Gasteiger partial charge >= 0.3 is 0 Å². The summed E-state index contributed by atoms with van der Waals surface area (Å²) in [6.45, 7) is 1.86. The van der Waals surface area contributed by atoms with Crippen molar-refractivity contribution >= 4 is 16.8 Å². The minimum absolute atomic E-state index is 0.260. The Morgan fingerprint density at radius 3 is 2.88 bits per heavy atom. The van der Waals surface area contributed by atoms with Crippen LogP contribution in [0, 0.1) is 6.92 Å². The van der Waals surface area contributed by atoms with Crippen molar-refractivity contribution < 1.29 is 9.63 Å².